The quantitative estimate of drug-likeness (QED) is 0.292. The third-order valence-corrected chi connectivity index (χ3v) is 19.4. The summed E-state index contributed by atoms with van der Waals surface area (Å²) in [6.07, 6.45) is 4.35. The molecule has 1 nitrogen and oxygen atoms in total. The summed E-state index contributed by atoms with van der Waals surface area (Å²) in [4.78, 5) is 0.963. The zero-order valence-corrected chi connectivity index (χ0v) is 14.6. The first-order valence-electron chi connectivity index (χ1n) is 6.24. The highest BCUT2D eigenvalue weighted by molar-refractivity contribution is 7.66. The van der Waals surface area contributed by atoms with E-state index in [4.69, 9.17) is 4.52 Å². The molecule has 1 aliphatic rings. The summed E-state index contributed by atoms with van der Waals surface area (Å²) in [6, 6.07) is 0. The summed E-state index contributed by atoms with van der Waals surface area (Å²) in [7, 11) is -2.22. The summed E-state index contributed by atoms with van der Waals surface area (Å²) in [5, 5.41) is 0. The lowest BCUT2D eigenvalue weighted by molar-refractivity contribution is 0.440. The summed E-state index contributed by atoms with van der Waals surface area (Å²) >= 11 is 0. The maximum atomic E-state index is 6.02. The third kappa shape index (κ3) is 3.80. The molecule has 1 heterocycles. The van der Waals surface area contributed by atoms with Gasteiger partial charge in [0.25, 0.3) is 0 Å². The Balaban J connectivity index is 2.64. The molecule has 1 fully saturated rings. The Labute approximate surface area is 105 Å². The summed E-state index contributed by atoms with van der Waals surface area (Å²) in [5.41, 5.74) is 0. The van der Waals surface area contributed by atoms with E-state index in [9.17, 15) is 0 Å². The molecule has 0 amide bonds. The number of hydrogen-bond donors (Lipinski definition) is 0. The van der Waals surface area contributed by atoms with Gasteiger partial charge in [0.2, 0.25) is 0 Å². The molecule has 2 atom stereocenters. The van der Waals surface area contributed by atoms with Crippen LogP contribution in [0.5, 0.6) is 0 Å². The van der Waals surface area contributed by atoms with Crippen molar-refractivity contribution >= 4 is 24.3 Å². The lowest BCUT2D eigenvalue weighted by Crippen LogP contribution is -2.51. The van der Waals surface area contributed by atoms with E-state index in [1.54, 1.807) is 0 Å². The SMILES string of the molecule is C=CCCC1OP1C([Si](C)(C)C)[Si](C)(C)C. The van der Waals surface area contributed by atoms with Crippen LogP contribution in [0.25, 0.3) is 0 Å². The first-order valence-corrected chi connectivity index (χ1v) is 14.8. The molecule has 1 rings (SSSR count). The van der Waals surface area contributed by atoms with Crippen LogP contribution in [0.15, 0.2) is 12.7 Å². The molecule has 16 heavy (non-hydrogen) atoms. The molecule has 2 unspecified atom stereocenters. The fraction of sp³-hybridized carbons (Fsp3) is 0.833. The van der Waals surface area contributed by atoms with E-state index in [0.29, 0.717) is 5.85 Å². The molecule has 0 aromatic heterocycles. The molecule has 0 spiro atoms. The predicted molar refractivity (Wildman–Crippen MR) is 81.7 cm³/mol. The van der Waals surface area contributed by atoms with Crippen LogP contribution in [0.2, 0.25) is 39.3 Å². The zero-order valence-electron chi connectivity index (χ0n) is 11.7. The maximum Gasteiger partial charge on any atom is 0.106 e. The molecule has 0 saturated carbocycles. The van der Waals surface area contributed by atoms with Crippen molar-refractivity contribution in [3.8, 4) is 0 Å². The highest BCUT2D eigenvalue weighted by Gasteiger charge is 2.54. The first kappa shape index (κ1) is 14.6. The second-order valence-corrected chi connectivity index (χ2v) is 21.1. The molecule has 1 aliphatic heterocycles. The minimum Gasteiger partial charge on any atom is -0.347 e. The van der Waals surface area contributed by atoms with Gasteiger partial charge in [0.1, 0.15) is 5.85 Å². The smallest absolute Gasteiger partial charge is 0.106 e. The Bertz CT molecular complexity index is 241. The van der Waals surface area contributed by atoms with E-state index >= 15 is 0 Å². The monoisotopic (exact) mass is 274 g/mol. The van der Waals surface area contributed by atoms with Gasteiger partial charge in [0.15, 0.2) is 0 Å². The van der Waals surface area contributed by atoms with Crippen molar-refractivity contribution in [3.05, 3.63) is 12.7 Å². The van der Waals surface area contributed by atoms with Crippen LogP contribution in [0.1, 0.15) is 12.8 Å². The molecule has 0 N–H and O–H groups in total. The highest BCUT2D eigenvalue weighted by Crippen LogP contribution is 2.69. The van der Waals surface area contributed by atoms with Crippen molar-refractivity contribution in [1.82, 2.24) is 0 Å². The van der Waals surface area contributed by atoms with Gasteiger partial charge in [-0.3, -0.25) is 0 Å². The van der Waals surface area contributed by atoms with E-state index in [2.05, 4.69) is 45.9 Å². The minimum atomic E-state index is -1.06. The van der Waals surface area contributed by atoms with Crippen molar-refractivity contribution in [2.45, 2.75) is 62.9 Å². The van der Waals surface area contributed by atoms with E-state index < -0.39 is 16.1 Å². The summed E-state index contributed by atoms with van der Waals surface area (Å²) < 4.78 is 6.02. The molecule has 1 saturated heterocycles. The Kier molecular flexibility index (Phi) is 4.62. The van der Waals surface area contributed by atoms with Crippen LogP contribution < -0.4 is 0 Å². The van der Waals surface area contributed by atoms with Crippen LogP contribution in [0.3, 0.4) is 0 Å². The van der Waals surface area contributed by atoms with Crippen molar-refractivity contribution in [2.24, 2.45) is 0 Å². The molecular weight excluding hydrogens is 247 g/mol. The molecule has 0 aromatic rings. The fourth-order valence-electron chi connectivity index (χ4n) is 2.84. The van der Waals surface area contributed by atoms with Gasteiger partial charge in [-0.1, -0.05) is 45.4 Å². The molecule has 94 valence electrons. The number of rotatable bonds is 6. The van der Waals surface area contributed by atoms with Crippen LogP contribution in [0.4, 0.5) is 0 Å². The third-order valence-electron chi connectivity index (χ3n) is 2.99. The molecule has 0 radical (unpaired) electrons. The van der Waals surface area contributed by atoms with Crippen molar-refractivity contribution in [3.63, 3.8) is 0 Å². The minimum absolute atomic E-state index is 0.0894. The predicted octanol–water partition coefficient (Wildman–Crippen LogP) is 4.83. The molecule has 4 heteroatoms. The van der Waals surface area contributed by atoms with Gasteiger partial charge in [0.05, 0.1) is 24.3 Å². The Hall–Kier alpha value is 0.564. The molecular formula is C12H27OPSi2. The first-order chi connectivity index (χ1) is 7.18. The van der Waals surface area contributed by atoms with E-state index in [1.807, 2.05) is 6.08 Å². The van der Waals surface area contributed by atoms with Gasteiger partial charge in [-0.2, -0.15) is 0 Å². The van der Waals surface area contributed by atoms with Gasteiger partial charge in [0, 0.05) is 0 Å². The zero-order chi connectivity index (χ0) is 12.6. The van der Waals surface area contributed by atoms with Crippen molar-refractivity contribution in [2.75, 3.05) is 0 Å². The average molecular weight is 274 g/mol. The van der Waals surface area contributed by atoms with Crippen LogP contribution in [-0.2, 0) is 4.52 Å². The highest BCUT2D eigenvalue weighted by atomic mass is 31.2. The van der Waals surface area contributed by atoms with Gasteiger partial charge in [-0.25, -0.2) is 0 Å². The van der Waals surface area contributed by atoms with Gasteiger partial charge < -0.3 is 4.52 Å². The Morgan fingerprint density at radius 1 is 1.19 bits per heavy atom. The van der Waals surface area contributed by atoms with Crippen molar-refractivity contribution in [1.29, 1.82) is 0 Å². The van der Waals surface area contributed by atoms with Crippen LogP contribution in [0, 0.1) is 0 Å². The molecule has 0 aliphatic carbocycles. The van der Waals surface area contributed by atoms with E-state index in [1.165, 1.54) is 6.42 Å². The van der Waals surface area contributed by atoms with Crippen LogP contribution in [-0.4, -0.2) is 26.9 Å². The Morgan fingerprint density at radius 3 is 2.06 bits per heavy atom. The summed E-state index contributed by atoms with van der Waals surface area (Å²) in [5.74, 6) is 0.608. The number of hydrogen-bond acceptors (Lipinski definition) is 1. The standard InChI is InChI=1S/C12H27OPSi2/c1-8-9-10-11-13-14(11)12(15(2,3)4)16(5,6)7/h8,11-12H,1,9-10H2,2-7H3. The lowest BCUT2D eigenvalue weighted by atomic mass is 10.3. The second kappa shape index (κ2) is 5.05. The van der Waals surface area contributed by atoms with E-state index in [0.717, 1.165) is 11.3 Å². The average Bonchev–Trinajstić information content (AvgIpc) is 2.74. The number of allylic oxidation sites excluding steroid dienone is 1. The van der Waals surface area contributed by atoms with E-state index in [-0.39, 0.29) is 8.15 Å². The molecule has 0 bridgehead atoms. The van der Waals surface area contributed by atoms with Crippen LogP contribution >= 0.6 is 8.15 Å². The summed E-state index contributed by atoms with van der Waals surface area (Å²) in [6.45, 7) is 18.9. The normalized spacial score (nSPS) is 25.9. The topological polar surface area (TPSA) is 12.5 Å². The second-order valence-electron chi connectivity index (χ2n) is 6.92. The fourth-order valence-corrected chi connectivity index (χ4v) is 22.1. The van der Waals surface area contributed by atoms with Crippen molar-refractivity contribution < 1.29 is 4.52 Å². The maximum absolute atomic E-state index is 6.02. The van der Waals surface area contributed by atoms with Gasteiger partial charge in [-0.05, 0) is 17.7 Å². The lowest BCUT2D eigenvalue weighted by Gasteiger charge is -2.37. The van der Waals surface area contributed by atoms with Gasteiger partial charge in [-0.15, -0.1) is 6.58 Å². The molecule has 0 aromatic carbocycles. The largest absolute Gasteiger partial charge is 0.347 e. The Morgan fingerprint density at radius 2 is 1.69 bits per heavy atom. The van der Waals surface area contributed by atoms with Gasteiger partial charge >= 0.3 is 0 Å².